The molecular formula is C25H33F7N6O3S. The van der Waals surface area contributed by atoms with Crippen LogP contribution in [0.3, 0.4) is 0 Å². The van der Waals surface area contributed by atoms with Gasteiger partial charge in [-0.25, -0.2) is 8.78 Å². The minimum atomic E-state index is -10.0. The van der Waals surface area contributed by atoms with Crippen molar-refractivity contribution in [2.45, 2.75) is 87.0 Å². The number of nitrogens with one attached hydrogen (secondary N) is 2. The van der Waals surface area contributed by atoms with Crippen molar-refractivity contribution >= 4 is 27.7 Å². The maximum atomic E-state index is 14.0. The van der Waals surface area contributed by atoms with Crippen molar-refractivity contribution in [2.24, 2.45) is 0 Å². The quantitative estimate of drug-likeness (QED) is 0.347. The molecule has 1 aromatic heterocycles. The van der Waals surface area contributed by atoms with Crippen LogP contribution in [-0.2, 0) is 14.3 Å². The monoisotopic (exact) mass is 630 g/mol. The second kappa shape index (κ2) is 10.7. The molecule has 0 spiro atoms. The van der Waals surface area contributed by atoms with Crippen LogP contribution in [0, 0.1) is 0 Å². The maximum Gasteiger partial charge on any atom is 0.310 e. The number of hydrogen-bond donors (Lipinski definition) is 2. The fraction of sp³-hybridized carbons (Fsp3) is 0.600. The van der Waals surface area contributed by atoms with Crippen LogP contribution in [0.4, 0.5) is 33.9 Å². The third-order valence-corrected chi connectivity index (χ3v) is 8.65. The predicted molar refractivity (Wildman–Crippen MR) is 141 cm³/mol. The highest BCUT2D eigenvalue weighted by atomic mass is 32.5. The highest BCUT2D eigenvalue weighted by Crippen LogP contribution is 3.02. The number of rotatable bonds is 9. The van der Waals surface area contributed by atoms with Gasteiger partial charge in [-0.1, -0.05) is 19.4 Å². The number of carbonyl (C=O) groups is 2. The molecule has 3 atom stereocenters. The number of benzene rings is 1. The Bertz CT molecular complexity index is 1300. The zero-order valence-corrected chi connectivity index (χ0v) is 23.9. The number of hydrogen-bond acceptors (Lipinski definition) is 6. The zero-order chi connectivity index (χ0) is 31.2. The van der Waals surface area contributed by atoms with Crippen molar-refractivity contribution in [1.82, 2.24) is 25.4 Å². The fourth-order valence-corrected chi connectivity index (χ4v) is 5.82. The molecule has 1 aliphatic carbocycles. The first-order valence-electron chi connectivity index (χ1n) is 13.3. The number of ether oxygens (including phenoxy) is 1. The standard InChI is InChI=1S/C25H33F7N6O3S/c1-15(2)37-14-34-36-22(37)21(23(39)35-16-8-10-25(26,27)11-9-16)38(24(40)20-12-18(41-3)13-33-20)17-4-6-19(7-5-17)42(28,29,30,31)32/h4-7,14-16,18,20-21,33H,8-13H2,1-3H3,(H,35,39). The Morgan fingerprint density at radius 2 is 1.74 bits per heavy atom. The van der Waals surface area contributed by atoms with E-state index in [0.717, 1.165) is 4.90 Å². The summed E-state index contributed by atoms with van der Waals surface area (Å²) in [7, 11) is -8.61. The average molecular weight is 631 g/mol. The van der Waals surface area contributed by atoms with Gasteiger partial charge in [-0.15, -0.1) is 10.2 Å². The van der Waals surface area contributed by atoms with Gasteiger partial charge in [0.15, 0.2) is 11.9 Å². The molecule has 42 heavy (non-hydrogen) atoms. The van der Waals surface area contributed by atoms with Crippen LogP contribution in [0.5, 0.6) is 0 Å². The molecule has 1 saturated heterocycles. The van der Waals surface area contributed by atoms with Crippen molar-refractivity contribution in [3.05, 3.63) is 36.4 Å². The predicted octanol–water partition coefficient (Wildman–Crippen LogP) is 5.66. The Balaban J connectivity index is 1.80. The summed E-state index contributed by atoms with van der Waals surface area (Å²) in [6.07, 6.45) is 0.0469. The van der Waals surface area contributed by atoms with E-state index in [4.69, 9.17) is 4.74 Å². The molecule has 2 N–H and O–H groups in total. The SMILES string of the molecule is COC1CNC(C(=O)N(c2ccc(S(F)(F)(F)(F)F)cc2)C(C(=O)NC2CCC(F)(F)CC2)c2nncn2C(C)C)C1. The van der Waals surface area contributed by atoms with E-state index in [2.05, 4.69) is 20.8 Å². The largest absolute Gasteiger partial charge is 0.380 e. The Morgan fingerprint density at radius 1 is 1.12 bits per heavy atom. The summed E-state index contributed by atoms with van der Waals surface area (Å²) in [4.78, 5) is 26.7. The van der Waals surface area contributed by atoms with E-state index in [1.54, 1.807) is 13.8 Å². The summed E-state index contributed by atoms with van der Waals surface area (Å²) in [5.41, 5.74) is -0.290. The summed E-state index contributed by atoms with van der Waals surface area (Å²) >= 11 is 0. The van der Waals surface area contributed by atoms with Gasteiger partial charge in [-0.2, -0.15) is 0 Å². The highest BCUT2D eigenvalue weighted by Gasteiger charge is 2.65. The van der Waals surface area contributed by atoms with E-state index in [9.17, 15) is 37.8 Å². The van der Waals surface area contributed by atoms with E-state index >= 15 is 0 Å². The molecule has 4 rings (SSSR count). The number of methoxy groups -OCH3 is 1. The second-order valence-corrected chi connectivity index (χ2v) is 13.4. The molecular weight excluding hydrogens is 597 g/mol. The molecule has 2 amide bonds. The number of halogens is 7. The Morgan fingerprint density at radius 3 is 2.26 bits per heavy atom. The molecule has 2 aliphatic rings. The van der Waals surface area contributed by atoms with Crippen LogP contribution in [0.15, 0.2) is 35.5 Å². The molecule has 3 unspecified atom stereocenters. The van der Waals surface area contributed by atoms with Gasteiger partial charge in [0.2, 0.25) is 11.8 Å². The zero-order valence-electron chi connectivity index (χ0n) is 23.1. The molecule has 2 heterocycles. The van der Waals surface area contributed by atoms with Gasteiger partial charge in [0.1, 0.15) is 11.2 Å². The lowest BCUT2D eigenvalue weighted by molar-refractivity contribution is -0.128. The molecule has 0 radical (unpaired) electrons. The number of nitrogens with zero attached hydrogens (tertiary/aromatic N) is 4. The van der Waals surface area contributed by atoms with Crippen molar-refractivity contribution in [1.29, 1.82) is 0 Å². The third kappa shape index (κ3) is 7.16. The molecule has 2 aromatic rings. The van der Waals surface area contributed by atoms with Crippen molar-refractivity contribution in [3.8, 4) is 0 Å². The minimum Gasteiger partial charge on any atom is -0.380 e. The van der Waals surface area contributed by atoms with Gasteiger partial charge < -0.3 is 19.9 Å². The molecule has 17 heteroatoms. The van der Waals surface area contributed by atoms with Crippen LogP contribution >= 0.6 is 10.2 Å². The normalized spacial score (nSPS) is 23.7. The van der Waals surface area contributed by atoms with Gasteiger partial charge in [-0.05, 0) is 57.4 Å². The lowest BCUT2D eigenvalue weighted by Crippen LogP contribution is -2.52. The number of alkyl halides is 2. The van der Waals surface area contributed by atoms with Crippen LogP contribution in [0.25, 0.3) is 0 Å². The number of carbonyl (C=O) groups excluding carboxylic acids is 2. The van der Waals surface area contributed by atoms with Gasteiger partial charge in [0.25, 0.3) is 5.91 Å². The van der Waals surface area contributed by atoms with E-state index in [0.29, 0.717) is 12.1 Å². The molecule has 2 fully saturated rings. The first-order chi connectivity index (χ1) is 19.3. The van der Waals surface area contributed by atoms with Crippen LogP contribution in [0.1, 0.15) is 63.9 Å². The molecule has 236 valence electrons. The fourth-order valence-electron chi connectivity index (χ4n) is 5.17. The molecule has 9 nitrogen and oxygen atoms in total. The first kappa shape index (κ1) is 32.0. The molecule has 1 aliphatic heterocycles. The number of aromatic nitrogens is 3. The van der Waals surface area contributed by atoms with Crippen LogP contribution in [0.2, 0.25) is 0 Å². The van der Waals surface area contributed by atoms with E-state index < -0.39 is 63.8 Å². The number of amides is 2. The lowest BCUT2D eigenvalue weighted by atomic mass is 9.92. The van der Waals surface area contributed by atoms with Gasteiger partial charge in [0, 0.05) is 44.3 Å². The Hall–Kier alpha value is -2.92. The summed E-state index contributed by atoms with van der Waals surface area (Å²) in [5.74, 6) is -4.54. The summed E-state index contributed by atoms with van der Waals surface area (Å²) in [6, 6.07) is -1.93. The van der Waals surface area contributed by atoms with E-state index in [1.165, 1.54) is 18.0 Å². The minimum absolute atomic E-state index is 0.0470. The number of anilines is 1. The van der Waals surface area contributed by atoms with Crippen molar-refractivity contribution in [3.63, 3.8) is 0 Å². The van der Waals surface area contributed by atoms with Crippen LogP contribution in [-0.4, -0.2) is 64.3 Å². The van der Waals surface area contributed by atoms with Gasteiger partial charge >= 0.3 is 10.2 Å². The molecule has 1 saturated carbocycles. The Kier molecular flexibility index (Phi) is 8.12. The lowest BCUT2D eigenvalue weighted by Gasteiger charge is -2.41. The van der Waals surface area contributed by atoms with Crippen LogP contribution < -0.4 is 15.5 Å². The van der Waals surface area contributed by atoms with E-state index in [-0.39, 0.29) is 61.6 Å². The average Bonchev–Trinajstić information content (AvgIpc) is 3.57. The second-order valence-electron chi connectivity index (χ2n) is 11.0. The summed E-state index contributed by atoms with van der Waals surface area (Å²) < 4.78 is 102. The van der Waals surface area contributed by atoms with Gasteiger partial charge in [0.05, 0.1) is 12.1 Å². The highest BCUT2D eigenvalue weighted by molar-refractivity contribution is 8.45. The van der Waals surface area contributed by atoms with Gasteiger partial charge in [-0.3, -0.25) is 14.5 Å². The topological polar surface area (TPSA) is 101 Å². The molecule has 0 bridgehead atoms. The first-order valence-corrected chi connectivity index (χ1v) is 15.3. The Labute approximate surface area is 237 Å². The molecule has 1 aromatic carbocycles. The third-order valence-electron chi connectivity index (χ3n) is 7.49. The van der Waals surface area contributed by atoms with Crippen molar-refractivity contribution < 1.29 is 42.5 Å². The maximum absolute atomic E-state index is 14.0. The van der Waals surface area contributed by atoms with E-state index in [1.807, 2.05) is 0 Å². The smallest absolute Gasteiger partial charge is 0.310 e. The van der Waals surface area contributed by atoms with Crippen molar-refractivity contribution in [2.75, 3.05) is 18.6 Å². The summed E-state index contributed by atoms with van der Waals surface area (Å²) in [6.45, 7) is 3.74. The summed E-state index contributed by atoms with van der Waals surface area (Å²) in [5, 5.41) is 13.5.